The minimum Gasteiger partial charge on any atom is -0.359 e. The predicted octanol–water partition coefficient (Wildman–Crippen LogP) is 4.20. The third-order valence-corrected chi connectivity index (χ3v) is 6.44. The van der Waals surface area contributed by atoms with Gasteiger partial charge in [0.15, 0.2) is 11.7 Å². The lowest BCUT2D eigenvalue weighted by atomic mass is 9.99. The molecule has 3 rings (SSSR count). The topological polar surface area (TPSA) is 68.9 Å². The third kappa shape index (κ3) is 8.57. The molecule has 0 aliphatic carbocycles. The van der Waals surface area contributed by atoms with Crippen molar-refractivity contribution < 1.29 is 4.52 Å². The molecule has 2 aromatic rings. The van der Waals surface area contributed by atoms with Crippen molar-refractivity contribution in [1.82, 2.24) is 25.6 Å². The molecule has 0 bridgehead atoms. The van der Waals surface area contributed by atoms with Crippen molar-refractivity contribution in [3.05, 3.63) is 52.9 Å². The first-order valence-corrected chi connectivity index (χ1v) is 12.1. The van der Waals surface area contributed by atoms with Gasteiger partial charge in [-0.05, 0) is 30.5 Å². The molecule has 1 fully saturated rings. The van der Waals surface area contributed by atoms with E-state index in [0.717, 1.165) is 63.0 Å². The lowest BCUT2D eigenvalue weighted by Gasteiger charge is -2.34. The summed E-state index contributed by atoms with van der Waals surface area (Å²) in [6.07, 6.45) is 2.15. The number of likely N-dealkylation sites (N-methyl/N-ethyl adjacent to an activating group) is 1. The molecule has 8 heteroatoms. The average molecular weight is 569 g/mol. The van der Waals surface area contributed by atoms with Crippen molar-refractivity contribution in [3.8, 4) is 0 Å². The van der Waals surface area contributed by atoms with Crippen molar-refractivity contribution in [2.45, 2.75) is 59.2 Å². The fourth-order valence-corrected chi connectivity index (χ4v) is 4.17. The van der Waals surface area contributed by atoms with Crippen LogP contribution in [-0.4, -0.2) is 60.7 Å². The Kier molecular flexibility index (Phi) is 12.2. The van der Waals surface area contributed by atoms with Gasteiger partial charge in [0.2, 0.25) is 0 Å². The highest BCUT2D eigenvalue weighted by Gasteiger charge is 2.15. The Bertz CT molecular complexity index is 826. The number of rotatable bonds is 10. The normalized spacial score (nSPS) is 15.5. The van der Waals surface area contributed by atoms with Crippen LogP contribution in [0.2, 0.25) is 0 Å². The van der Waals surface area contributed by atoms with Gasteiger partial charge in [-0.3, -0.25) is 9.89 Å². The Morgan fingerprint density at radius 3 is 2.18 bits per heavy atom. The van der Waals surface area contributed by atoms with Gasteiger partial charge in [0, 0.05) is 58.3 Å². The molecule has 2 heterocycles. The van der Waals surface area contributed by atoms with Crippen molar-refractivity contribution in [3.63, 3.8) is 0 Å². The molecule has 1 aromatic carbocycles. The van der Waals surface area contributed by atoms with E-state index in [4.69, 9.17) is 4.52 Å². The lowest BCUT2D eigenvalue weighted by molar-refractivity contribution is 0.132. The summed E-state index contributed by atoms with van der Waals surface area (Å²) >= 11 is 0. The molecule has 0 amide bonds. The van der Waals surface area contributed by atoms with Gasteiger partial charge in [-0.2, -0.15) is 0 Å². The van der Waals surface area contributed by atoms with Crippen molar-refractivity contribution in [2.75, 3.05) is 39.8 Å². The molecule has 7 nitrogen and oxygen atoms in total. The summed E-state index contributed by atoms with van der Waals surface area (Å²) in [4.78, 5) is 9.38. The third-order valence-electron chi connectivity index (χ3n) is 6.44. The van der Waals surface area contributed by atoms with Crippen molar-refractivity contribution in [2.24, 2.45) is 4.99 Å². The zero-order valence-corrected chi connectivity index (χ0v) is 23.0. The molecule has 0 unspecified atom stereocenters. The van der Waals surface area contributed by atoms with Gasteiger partial charge in [-0.15, -0.1) is 24.0 Å². The summed E-state index contributed by atoms with van der Waals surface area (Å²) < 4.78 is 5.49. The molecule has 1 aliphatic rings. The van der Waals surface area contributed by atoms with E-state index in [1.807, 2.05) is 0 Å². The van der Waals surface area contributed by atoms with Gasteiger partial charge in [0.05, 0.1) is 12.2 Å². The highest BCUT2D eigenvalue weighted by Crippen LogP contribution is 2.22. The maximum atomic E-state index is 5.49. The van der Waals surface area contributed by atoms with E-state index in [-0.39, 0.29) is 24.0 Å². The van der Waals surface area contributed by atoms with Gasteiger partial charge in [0.25, 0.3) is 0 Å². The SMILES string of the molecule is CCC(CC)c1cc(CNC(=NC)NCc2ccc(CN3CCN(CC)CC3)cc2)on1.I. The molecular formula is C25H41IN6O. The Morgan fingerprint density at radius 1 is 0.970 bits per heavy atom. The molecule has 1 saturated heterocycles. The van der Waals surface area contributed by atoms with Gasteiger partial charge >= 0.3 is 0 Å². The Hall–Kier alpha value is -1.65. The Morgan fingerprint density at radius 2 is 1.58 bits per heavy atom. The Balaban J connectivity index is 0.00000385. The van der Waals surface area contributed by atoms with E-state index in [1.54, 1.807) is 7.05 Å². The number of piperazine rings is 1. The van der Waals surface area contributed by atoms with Crippen LogP contribution in [-0.2, 0) is 19.6 Å². The smallest absolute Gasteiger partial charge is 0.191 e. The van der Waals surface area contributed by atoms with Crippen LogP contribution < -0.4 is 10.6 Å². The number of aromatic nitrogens is 1. The number of hydrogen-bond acceptors (Lipinski definition) is 5. The minimum atomic E-state index is 0. The molecule has 184 valence electrons. The van der Waals surface area contributed by atoms with Gasteiger partial charge in [0.1, 0.15) is 0 Å². The summed E-state index contributed by atoms with van der Waals surface area (Å²) in [5, 5.41) is 10.9. The fraction of sp³-hybridized carbons (Fsp3) is 0.600. The average Bonchev–Trinajstić information content (AvgIpc) is 3.30. The highest BCUT2D eigenvalue weighted by atomic mass is 127. The zero-order chi connectivity index (χ0) is 22.8. The number of aliphatic imine (C=N–C) groups is 1. The van der Waals surface area contributed by atoms with E-state index < -0.39 is 0 Å². The second-order valence-corrected chi connectivity index (χ2v) is 8.54. The van der Waals surface area contributed by atoms with Crippen LogP contribution in [0.15, 0.2) is 39.8 Å². The summed E-state index contributed by atoms with van der Waals surface area (Å²) in [6, 6.07) is 11.0. The molecule has 1 aliphatic heterocycles. The molecule has 0 saturated carbocycles. The van der Waals surface area contributed by atoms with Crippen LogP contribution >= 0.6 is 24.0 Å². The van der Waals surface area contributed by atoms with Gasteiger partial charge in [-0.25, -0.2) is 0 Å². The van der Waals surface area contributed by atoms with E-state index >= 15 is 0 Å². The van der Waals surface area contributed by atoms with Gasteiger partial charge < -0.3 is 20.1 Å². The second kappa shape index (κ2) is 14.6. The standard InChI is InChI=1S/C25H40N6O.HI/c1-5-22(6-2)24-16-23(32-29-24)18-28-25(26-4)27-17-20-8-10-21(11-9-20)19-31-14-12-30(7-3)13-15-31;/h8-11,16,22H,5-7,12-15,17-19H2,1-4H3,(H2,26,27,28);1H. The summed E-state index contributed by atoms with van der Waals surface area (Å²) in [5.41, 5.74) is 3.66. The lowest BCUT2D eigenvalue weighted by Crippen LogP contribution is -2.45. The van der Waals surface area contributed by atoms with Crippen LogP contribution in [0.5, 0.6) is 0 Å². The van der Waals surface area contributed by atoms with Crippen molar-refractivity contribution in [1.29, 1.82) is 0 Å². The number of guanidine groups is 1. The zero-order valence-electron chi connectivity index (χ0n) is 20.6. The number of hydrogen-bond donors (Lipinski definition) is 2. The van der Waals surface area contributed by atoms with Gasteiger partial charge in [-0.1, -0.05) is 50.2 Å². The van der Waals surface area contributed by atoms with Crippen LogP contribution in [0.1, 0.15) is 62.1 Å². The maximum Gasteiger partial charge on any atom is 0.191 e. The first-order chi connectivity index (χ1) is 15.6. The highest BCUT2D eigenvalue weighted by molar-refractivity contribution is 14.0. The van der Waals surface area contributed by atoms with E-state index in [0.29, 0.717) is 12.5 Å². The predicted molar refractivity (Wildman–Crippen MR) is 146 cm³/mol. The molecule has 0 atom stereocenters. The number of benzene rings is 1. The molecular weight excluding hydrogens is 527 g/mol. The fourth-order valence-electron chi connectivity index (χ4n) is 4.17. The van der Waals surface area contributed by atoms with Crippen LogP contribution in [0.25, 0.3) is 0 Å². The van der Waals surface area contributed by atoms with Crippen LogP contribution in [0.3, 0.4) is 0 Å². The molecule has 0 spiro atoms. The number of nitrogens with zero attached hydrogens (tertiary/aromatic N) is 4. The summed E-state index contributed by atoms with van der Waals surface area (Å²) in [5.74, 6) is 2.05. The monoisotopic (exact) mass is 568 g/mol. The largest absolute Gasteiger partial charge is 0.359 e. The first-order valence-electron chi connectivity index (χ1n) is 12.1. The maximum absolute atomic E-state index is 5.49. The van der Waals surface area contributed by atoms with Crippen molar-refractivity contribution >= 4 is 29.9 Å². The van der Waals surface area contributed by atoms with Crippen LogP contribution in [0, 0.1) is 0 Å². The Labute approximate surface area is 216 Å². The molecule has 33 heavy (non-hydrogen) atoms. The van der Waals surface area contributed by atoms with E-state index in [1.165, 1.54) is 24.2 Å². The molecule has 1 aromatic heterocycles. The number of nitrogens with one attached hydrogen (secondary N) is 2. The van der Waals surface area contributed by atoms with Crippen LogP contribution in [0.4, 0.5) is 0 Å². The first kappa shape index (κ1) is 27.6. The molecule has 2 N–H and O–H groups in total. The quantitative estimate of drug-likeness (QED) is 0.255. The van der Waals surface area contributed by atoms with E-state index in [2.05, 4.69) is 81.7 Å². The minimum absolute atomic E-state index is 0. The number of halogens is 1. The second-order valence-electron chi connectivity index (χ2n) is 8.54. The summed E-state index contributed by atoms with van der Waals surface area (Å²) in [7, 11) is 1.78. The molecule has 0 radical (unpaired) electrons. The summed E-state index contributed by atoms with van der Waals surface area (Å²) in [6.45, 7) is 14.8. The van der Waals surface area contributed by atoms with E-state index in [9.17, 15) is 0 Å².